The number of nitrogens with zero attached hydrogens (tertiary/aromatic N) is 1. The molecule has 0 radical (unpaired) electrons. The van der Waals surface area contributed by atoms with Crippen LogP contribution in [-0.4, -0.2) is 27.5 Å². The van der Waals surface area contributed by atoms with Crippen LogP contribution >= 0.6 is 0 Å². The Hall–Kier alpha value is -1.16. The number of nitrogens with one attached hydrogen (secondary N) is 1. The van der Waals surface area contributed by atoms with Gasteiger partial charge in [-0.05, 0) is 0 Å². The van der Waals surface area contributed by atoms with E-state index in [1.165, 1.54) is 6.33 Å². The lowest BCUT2D eigenvalue weighted by atomic mass is 10.2. The average molecular weight is 140 g/mol. The molecule has 4 nitrogen and oxygen atoms in total. The lowest BCUT2D eigenvalue weighted by Crippen LogP contribution is -2.07. The number of rotatable bonds is 3. The predicted molar refractivity (Wildman–Crippen MR) is 34.4 cm³/mol. The zero-order valence-electron chi connectivity index (χ0n) is 5.37. The Labute approximate surface area is 57.9 Å². The van der Waals surface area contributed by atoms with Gasteiger partial charge in [0.1, 0.15) is 6.61 Å². The molecular formula is C6H8N2O2. The number of H-pyrrole nitrogens is 1. The molecule has 4 heteroatoms. The normalized spacial score (nSPS) is 9.70. The molecule has 1 rings (SSSR count). The largest absolute Gasteiger partial charge is 0.389 e. The van der Waals surface area contributed by atoms with Gasteiger partial charge in [0.2, 0.25) is 0 Å². The average Bonchev–Trinajstić information content (AvgIpc) is 2.40. The highest BCUT2D eigenvalue weighted by Crippen LogP contribution is 1.92. The summed E-state index contributed by atoms with van der Waals surface area (Å²) in [4.78, 5) is 17.1. The molecule has 1 aromatic heterocycles. The van der Waals surface area contributed by atoms with Crippen LogP contribution in [0, 0.1) is 0 Å². The molecule has 10 heavy (non-hydrogen) atoms. The van der Waals surface area contributed by atoms with E-state index in [1.54, 1.807) is 6.20 Å². The van der Waals surface area contributed by atoms with Crippen LogP contribution in [-0.2, 0) is 11.2 Å². The van der Waals surface area contributed by atoms with E-state index in [0.29, 0.717) is 0 Å². The molecule has 0 aliphatic carbocycles. The Bertz CT molecular complexity index is 206. The molecule has 0 saturated carbocycles. The molecule has 1 heterocycles. The lowest BCUT2D eigenvalue weighted by Gasteiger charge is -1.90. The molecular weight excluding hydrogens is 132 g/mol. The molecule has 0 aliphatic heterocycles. The minimum absolute atomic E-state index is 0.204. The summed E-state index contributed by atoms with van der Waals surface area (Å²) in [7, 11) is 0. The number of Topliss-reactive ketones (excluding diaryl/α,β-unsaturated/α-hetero) is 1. The van der Waals surface area contributed by atoms with E-state index < -0.39 is 6.61 Å². The van der Waals surface area contributed by atoms with Crippen LogP contribution < -0.4 is 0 Å². The Morgan fingerprint density at radius 2 is 2.60 bits per heavy atom. The third-order valence-electron chi connectivity index (χ3n) is 1.12. The van der Waals surface area contributed by atoms with Gasteiger partial charge in [-0.1, -0.05) is 0 Å². The highest BCUT2D eigenvalue weighted by molar-refractivity contribution is 5.81. The first-order valence-corrected chi connectivity index (χ1v) is 2.92. The molecule has 54 valence electrons. The van der Waals surface area contributed by atoms with Crippen molar-refractivity contribution in [2.45, 2.75) is 6.42 Å². The van der Waals surface area contributed by atoms with Crippen LogP contribution in [0.25, 0.3) is 0 Å². The third kappa shape index (κ3) is 1.66. The molecule has 0 fully saturated rings. The highest BCUT2D eigenvalue weighted by Gasteiger charge is 2.00. The first kappa shape index (κ1) is 6.95. The van der Waals surface area contributed by atoms with Crippen molar-refractivity contribution in [2.24, 2.45) is 0 Å². The van der Waals surface area contributed by atoms with Crippen LogP contribution in [0.3, 0.4) is 0 Å². The number of hydrogen-bond acceptors (Lipinski definition) is 3. The van der Waals surface area contributed by atoms with Crippen molar-refractivity contribution in [2.75, 3.05) is 6.61 Å². The first-order valence-electron chi connectivity index (χ1n) is 2.92. The Morgan fingerprint density at radius 1 is 1.80 bits per heavy atom. The van der Waals surface area contributed by atoms with Crippen molar-refractivity contribution in [3.63, 3.8) is 0 Å². The fourth-order valence-electron chi connectivity index (χ4n) is 0.650. The summed E-state index contributed by atoms with van der Waals surface area (Å²) in [6.45, 7) is -0.404. The summed E-state index contributed by atoms with van der Waals surface area (Å²) in [5.41, 5.74) is 0.735. The minimum atomic E-state index is -0.404. The Morgan fingerprint density at radius 3 is 3.10 bits per heavy atom. The zero-order valence-corrected chi connectivity index (χ0v) is 5.37. The van der Waals surface area contributed by atoms with Gasteiger partial charge in [-0.25, -0.2) is 4.98 Å². The van der Waals surface area contributed by atoms with Crippen LogP contribution in [0.2, 0.25) is 0 Å². The quantitative estimate of drug-likeness (QED) is 0.595. The first-order chi connectivity index (χ1) is 4.83. The number of aliphatic hydroxyl groups is 1. The summed E-state index contributed by atoms with van der Waals surface area (Å²) in [6, 6.07) is 0. The molecule has 0 saturated heterocycles. The van der Waals surface area contributed by atoms with E-state index >= 15 is 0 Å². The fourth-order valence-corrected chi connectivity index (χ4v) is 0.650. The highest BCUT2D eigenvalue weighted by atomic mass is 16.3. The van der Waals surface area contributed by atoms with Crippen molar-refractivity contribution in [1.82, 2.24) is 9.97 Å². The number of hydrogen-bond donors (Lipinski definition) is 2. The third-order valence-corrected chi connectivity index (χ3v) is 1.12. The summed E-state index contributed by atoms with van der Waals surface area (Å²) in [5.74, 6) is -0.204. The molecule has 0 bridgehead atoms. The van der Waals surface area contributed by atoms with E-state index in [1.807, 2.05) is 0 Å². The van der Waals surface area contributed by atoms with E-state index in [2.05, 4.69) is 9.97 Å². The summed E-state index contributed by atoms with van der Waals surface area (Å²) >= 11 is 0. The number of carbonyl (C=O) groups excluding carboxylic acids is 1. The number of imidazole rings is 1. The standard InChI is InChI=1S/C6H8N2O2/c9-3-6(10)1-5-2-7-4-8-5/h2,4,9H,1,3H2,(H,7,8). The van der Waals surface area contributed by atoms with Gasteiger partial charge in [-0.15, -0.1) is 0 Å². The van der Waals surface area contributed by atoms with Gasteiger partial charge in [0.05, 0.1) is 12.7 Å². The van der Waals surface area contributed by atoms with Gasteiger partial charge < -0.3 is 10.1 Å². The second-order valence-electron chi connectivity index (χ2n) is 1.95. The van der Waals surface area contributed by atoms with Crippen LogP contribution in [0.15, 0.2) is 12.5 Å². The predicted octanol–water partition coefficient (Wildman–Crippen LogP) is -0.486. The van der Waals surface area contributed by atoms with E-state index in [0.717, 1.165) is 5.69 Å². The second kappa shape index (κ2) is 3.12. The smallest absolute Gasteiger partial charge is 0.164 e. The van der Waals surface area contributed by atoms with Gasteiger partial charge >= 0.3 is 0 Å². The maximum Gasteiger partial charge on any atom is 0.164 e. The SMILES string of the molecule is O=C(CO)Cc1cnc[nH]1. The molecule has 0 amide bonds. The van der Waals surface area contributed by atoms with Crippen molar-refractivity contribution in [3.05, 3.63) is 18.2 Å². The number of aromatic nitrogens is 2. The van der Waals surface area contributed by atoms with Gasteiger partial charge in [0.15, 0.2) is 5.78 Å². The van der Waals surface area contributed by atoms with Crippen LogP contribution in [0.5, 0.6) is 0 Å². The van der Waals surface area contributed by atoms with E-state index in [-0.39, 0.29) is 12.2 Å². The molecule has 2 N–H and O–H groups in total. The fraction of sp³-hybridized carbons (Fsp3) is 0.333. The molecule has 0 spiro atoms. The monoisotopic (exact) mass is 140 g/mol. The zero-order chi connectivity index (χ0) is 7.40. The second-order valence-corrected chi connectivity index (χ2v) is 1.95. The van der Waals surface area contributed by atoms with Crippen molar-refractivity contribution >= 4 is 5.78 Å². The van der Waals surface area contributed by atoms with Gasteiger partial charge in [-0.3, -0.25) is 4.79 Å². The molecule has 0 aliphatic rings. The Kier molecular flexibility index (Phi) is 2.17. The number of carbonyl (C=O) groups is 1. The topological polar surface area (TPSA) is 66.0 Å². The van der Waals surface area contributed by atoms with Gasteiger partial charge in [0.25, 0.3) is 0 Å². The number of ketones is 1. The van der Waals surface area contributed by atoms with E-state index in [4.69, 9.17) is 5.11 Å². The van der Waals surface area contributed by atoms with Gasteiger partial charge in [-0.2, -0.15) is 0 Å². The maximum atomic E-state index is 10.6. The molecule has 0 atom stereocenters. The lowest BCUT2D eigenvalue weighted by molar-refractivity contribution is -0.121. The van der Waals surface area contributed by atoms with Crippen LogP contribution in [0.1, 0.15) is 5.69 Å². The minimum Gasteiger partial charge on any atom is -0.389 e. The summed E-state index contributed by atoms with van der Waals surface area (Å²) in [5, 5.41) is 8.35. The van der Waals surface area contributed by atoms with Crippen LogP contribution in [0.4, 0.5) is 0 Å². The molecule has 0 aromatic carbocycles. The van der Waals surface area contributed by atoms with E-state index in [9.17, 15) is 4.79 Å². The summed E-state index contributed by atoms with van der Waals surface area (Å²) in [6.07, 6.45) is 3.30. The molecule has 1 aromatic rings. The van der Waals surface area contributed by atoms with Crippen molar-refractivity contribution in [1.29, 1.82) is 0 Å². The molecule has 0 unspecified atom stereocenters. The number of aliphatic hydroxyl groups excluding tert-OH is 1. The summed E-state index contributed by atoms with van der Waals surface area (Å²) < 4.78 is 0. The number of aromatic amines is 1. The Balaban J connectivity index is 2.48. The van der Waals surface area contributed by atoms with Crippen molar-refractivity contribution in [3.8, 4) is 0 Å². The van der Waals surface area contributed by atoms with Crippen molar-refractivity contribution < 1.29 is 9.90 Å². The maximum absolute atomic E-state index is 10.6. The van der Waals surface area contributed by atoms with Gasteiger partial charge in [0, 0.05) is 11.9 Å².